The molecule has 1 atom stereocenters. The Bertz CT molecular complexity index is 650. The summed E-state index contributed by atoms with van der Waals surface area (Å²) < 4.78 is 36.7. The van der Waals surface area contributed by atoms with Crippen molar-refractivity contribution < 1.29 is 22.8 Å². The van der Waals surface area contributed by atoms with Gasteiger partial charge in [-0.05, 0) is 31.5 Å². The van der Waals surface area contributed by atoms with Gasteiger partial charge >= 0.3 is 6.18 Å². The van der Waals surface area contributed by atoms with E-state index in [-0.39, 0.29) is 18.9 Å². The van der Waals surface area contributed by atoms with Crippen LogP contribution in [0.3, 0.4) is 0 Å². The third-order valence-corrected chi connectivity index (χ3v) is 4.61. The Hall–Kier alpha value is -1.51. The van der Waals surface area contributed by atoms with Crippen LogP contribution in [0.25, 0.3) is 0 Å². The number of rotatable bonds is 6. The number of hydrogen-bond acceptors (Lipinski definition) is 3. The molecule has 2 amide bonds. The lowest BCUT2D eigenvalue weighted by Gasteiger charge is -2.23. The molecule has 1 aromatic carbocycles. The summed E-state index contributed by atoms with van der Waals surface area (Å²) in [7, 11) is 0. The third-order valence-electron chi connectivity index (χ3n) is 3.98. The topological polar surface area (TPSA) is 61.4 Å². The number of carbonyl (C=O) groups is 2. The van der Waals surface area contributed by atoms with Gasteiger partial charge in [0.1, 0.15) is 6.54 Å². The quantitative estimate of drug-likeness (QED) is 0.753. The number of nitrogens with zero attached hydrogens (tertiary/aromatic N) is 1. The summed E-state index contributed by atoms with van der Waals surface area (Å²) in [6.07, 6.45) is -3.25. The van der Waals surface area contributed by atoms with E-state index in [1.54, 1.807) is 23.1 Å². The summed E-state index contributed by atoms with van der Waals surface area (Å²) in [6.45, 7) is -0.566. The van der Waals surface area contributed by atoms with Crippen LogP contribution in [0.4, 0.5) is 18.9 Å². The standard InChI is InChI=1S/C16H18Cl2F3N3O2/c17-10-3-1-4-11(18)14(10)23-13(25)6-8-24-7-2-5-12(24)15(26)22-9-16(19,20)21/h1,3-4,12H,2,5-9H2,(H,22,26)(H,23,25). The van der Waals surface area contributed by atoms with Gasteiger partial charge < -0.3 is 10.6 Å². The molecule has 0 bridgehead atoms. The maximum atomic E-state index is 12.2. The largest absolute Gasteiger partial charge is 0.405 e. The summed E-state index contributed by atoms with van der Waals surface area (Å²) in [5.74, 6) is -1.02. The molecule has 0 aromatic heterocycles. The maximum Gasteiger partial charge on any atom is 0.405 e. The predicted octanol–water partition coefficient (Wildman–Crippen LogP) is 3.46. The van der Waals surface area contributed by atoms with Gasteiger partial charge in [0.25, 0.3) is 0 Å². The first kappa shape index (κ1) is 20.8. The van der Waals surface area contributed by atoms with Crippen molar-refractivity contribution in [2.45, 2.75) is 31.5 Å². The smallest absolute Gasteiger partial charge is 0.346 e. The number of para-hydroxylation sites is 1. The highest BCUT2D eigenvalue weighted by Crippen LogP contribution is 2.30. The molecule has 144 valence electrons. The first-order chi connectivity index (χ1) is 12.2. The molecule has 1 aliphatic rings. The highest BCUT2D eigenvalue weighted by Gasteiger charge is 2.34. The van der Waals surface area contributed by atoms with E-state index in [0.717, 1.165) is 0 Å². The molecule has 10 heteroatoms. The molecule has 1 saturated heterocycles. The Kier molecular flexibility index (Phi) is 7.14. The fraction of sp³-hybridized carbons (Fsp3) is 0.500. The number of amides is 2. The number of alkyl halides is 3. The Morgan fingerprint density at radius 2 is 1.88 bits per heavy atom. The van der Waals surface area contributed by atoms with Gasteiger partial charge in [0.15, 0.2) is 0 Å². The molecule has 2 N–H and O–H groups in total. The van der Waals surface area contributed by atoms with Crippen molar-refractivity contribution in [3.8, 4) is 0 Å². The minimum atomic E-state index is -4.45. The van der Waals surface area contributed by atoms with Crippen molar-refractivity contribution in [1.82, 2.24) is 10.2 Å². The van der Waals surface area contributed by atoms with Crippen LogP contribution in [-0.2, 0) is 9.59 Å². The van der Waals surface area contributed by atoms with Crippen molar-refractivity contribution in [1.29, 1.82) is 0 Å². The van der Waals surface area contributed by atoms with Gasteiger partial charge in [-0.2, -0.15) is 13.2 Å². The molecule has 1 aromatic rings. The molecule has 1 heterocycles. The number of likely N-dealkylation sites (tertiary alicyclic amines) is 1. The van der Waals surface area contributed by atoms with E-state index in [1.165, 1.54) is 0 Å². The number of anilines is 1. The van der Waals surface area contributed by atoms with Crippen LogP contribution in [0.5, 0.6) is 0 Å². The third kappa shape index (κ3) is 6.03. The minimum Gasteiger partial charge on any atom is -0.346 e. The van der Waals surface area contributed by atoms with Crippen LogP contribution in [0, 0.1) is 0 Å². The molecule has 1 fully saturated rings. The Balaban J connectivity index is 1.85. The van der Waals surface area contributed by atoms with Gasteiger partial charge in [-0.1, -0.05) is 29.3 Å². The summed E-state index contributed by atoms with van der Waals surface area (Å²) in [4.78, 5) is 25.7. The number of carbonyl (C=O) groups excluding carboxylic acids is 2. The van der Waals surface area contributed by atoms with Crippen molar-refractivity contribution in [2.75, 3.05) is 25.0 Å². The molecule has 0 radical (unpaired) electrons. The fourth-order valence-corrected chi connectivity index (χ4v) is 3.25. The van der Waals surface area contributed by atoms with Crippen LogP contribution in [0.1, 0.15) is 19.3 Å². The monoisotopic (exact) mass is 411 g/mol. The SMILES string of the molecule is O=C(CCN1CCCC1C(=O)NCC(F)(F)F)Nc1c(Cl)cccc1Cl. The van der Waals surface area contributed by atoms with E-state index in [9.17, 15) is 22.8 Å². The molecule has 0 saturated carbocycles. The molecule has 5 nitrogen and oxygen atoms in total. The highest BCUT2D eigenvalue weighted by molar-refractivity contribution is 6.39. The molecule has 2 rings (SSSR count). The lowest BCUT2D eigenvalue weighted by Crippen LogP contribution is -2.46. The van der Waals surface area contributed by atoms with Crippen molar-refractivity contribution in [3.63, 3.8) is 0 Å². The van der Waals surface area contributed by atoms with Crippen LogP contribution in [-0.4, -0.2) is 48.6 Å². The first-order valence-corrected chi connectivity index (χ1v) is 8.75. The average Bonchev–Trinajstić information content (AvgIpc) is 3.02. The Morgan fingerprint density at radius 3 is 2.50 bits per heavy atom. The molecular formula is C16H18Cl2F3N3O2. The van der Waals surface area contributed by atoms with Crippen LogP contribution in [0.15, 0.2) is 18.2 Å². The van der Waals surface area contributed by atoms with Gasteiger partial charge in [0.05, 0.1) is 21.8 Å². The van der Waals surface area contributed by atoms with Crippen LogP contribution >= 0.6 is 23.2 Å². The molecular weight excluding hydrogens is 394 g/mol. The van der Waals surface area contributed by atoms with Gasteiger partial charge in [-0.15, -0.1) is 0 Å². The highest BCUT2D eigenvalue weighted by atomic mass is 35.5. The van der Waals surface area contributed by atoms with E-state index in [2.05, 4.69) is 5.32 Å². The molecule has 1 unspecified atom stereocenters. The zero-order valence-electron chi connectivity index (χ0n) is 13.7. The summed E-state index contributed by atoms with van der Waals surface area (Å²) in [6, 6.07) is 4.16. The van der Waals surface area contributed by atoms with Gasteiger partial charge in [-0.3, -0.25) is 14.5 Å². The average molecular weight is 412 g/mol. The predicted molar refractivity (Wildman–Crippen MR) is 93.4 cm³/mol. The second-order valence-corrected chi connectivity index (χ2v) is 6.74. The van der Waals surface area contributed by atoms with E-state index in [4.69, 9.17) is 23.2 Å². The van der Waals surface area contributed by atoms with Crippen LogP contribution < -0.4 is 10.6 Å². The molecule has 1 aliphatic heterocycles. The van der Waals surface area contributed by atoms with Gasteiger partial charge in [-0.25, -0.2) is 0 Å². The lowest BCUT2D eigenvalue weighted by molar-refractivity contribution is -0.141. The minimum absolute atomic E-state index is 0.0601. The fourth-order valence-electron chi connectivity index (χ4n) is 2.76. The van der Waals surface area contributed by atoms with Crippen molar-refractivity contribution >= 4 is 40.7 Å². The summed E-state index contributed by atoms with van der Waals surface area (Å²) in [5, 5.41) is 5.11. The summed E-state index contributed by atoms with van der Waals surface area (Å²) >= 11 is 12.0. The van der Waals surface area contributed by atoms with Crippen LogP contribution in [0.2, 0.25) is 10.0 Å². The van der Waals surface area contributed by atoms with E-state index >= 15 is 0 Å². The van der Waals surface area contributed by atoms with E-state index < -0.39 is 24.7 Å². The zero-order chi connectivity index (χ0) is 19.3. The van der Waals surface area contributed by atoms with Crippen molar-refractivity contribution in [3.05, 3.63) is 28.2 Å². The zero-order valence-corrected chi connectivity index (χ0v) is 15.2. The number of benzene rings is 1. The lowest BCUT2D eigenvalue weighted by atomic mass is 10.2. The molecule has 26 heavy (non-hydrogen) atoms. The number of halogens is 5. The Morgan fingerprint density at radius 1 is 1.23 bits per heavy atom. The summed E-state index contributed by atoms with van der Waals surface area (Å²) in [5.41, 5.74) is 0.307. The maximum absolute atomic E-state index is 12.2. The normalized spacial score (nSPS) is 18.0. The van der Waals surface area contributed by atoms with Gasteiger partial charge in [0.2, 0.25) is 11.8 Å². The van der Waals surface area contributed by atoms with E-state index in [1.807, 2.05) is 5.32 Å². The molecule has 0 aliphatic carbocycles. The van der Waals surface area contributed by atoms with Crippen molar-refractivity contribution in [2.24, 2.45) is 0 Å². The number of hydrogen-bond donors (Lipinski definition) is 2. The second-order valence-electron chi connectivity index (χ2n) is 5.92. The number of nitrogens with one attached hydrogen (secondary N) is 2. The Labute approximate surface area is 158 Å². The second kappa shape index (κ2) is 8.92. The first-order valence-electron chi connectivity index (χ1n) is 8.00. The molecule has 0 spiro atoms. The van der Waals surface area contributed by atoms with E-state index in [0.29, 0.717) is 35.1 Å². The van der Waals surface area contributed by atoms with Gasteiger partial charge in [0, 0.05) is 13.0 Å².